The van der Waals surface area contributed by atoms with Crippen molar-refractivity contribution >= 4 is 35.2 Å². The second-order valence-electron chi connectivity index (χ2n) is 7.40. The standard InChI is InChI=1S/C28H19ClFNO3/c29-24-14-8-7-13-22(24)23-17-19(15-16-25(23)30)18-26(28(33)34)31(21-11-5-2-6-12-21)27(32)20-9-3-1-4-10-20/h1-18H,(H,33,34)/b26-18-. The SMILES string of the molecule is O=C(O)/C(=C/c1ccc(F)c(-c2ccccc2Cl)c1)N(C(=O)c1ccccc1)c1ccccc1. The Morgan fingerprint density at radius 3 is 2.06 bits per heavy atom. The molecule has 4 nitrogen and oxygen atoms in total. The number of benzene rings is 4. The Bertz CT molecular complexity index is 1370. The lowest BCUT2D eigenvalue weighted by atomic mass is 10.0. The first-order valence-electron chi connectivity index (χ1n) is 10.4. The van der Waals surface area contributed by atoms with Crippen molar-refractivity contribution < 1.29 is 19.1 Å². The summed E-state index contributed by atoms with van der Waals surface area (Å²) in [5.74, 6) is -2.31. The van der Waals surface area contributed by atoms with E-state index in [-0.39, 0.29) is 11.3 Å². The number of amides is 1. The number of rotatable bonds is 6. The van der Waals surface area contributed by atoms with Crippen LogP contribution in [0.3, 0.4) is 0 Å². The molecular formula is C28H19ClFNO3. The van der Waals surface area contributed by atoms with Crippen LogP contribution in [-0.4, -0.2) is 17.0 Å². The third kappa shape index (κ3) is 4.90. The molecule has 0 aliphatic carbocycles. The van der Waals surface area contributed by atoms with E-state index < -0.39 is 17.7 Å². The van der Waals surface area contributed by atoms with Crippen LogP contribution in [0.1, 0.15) is 15.9 Å². The van der Waals surface area contributed by atoms with Crippen LogP contribution >= 0.6 is 11.6 Å². The molecule has 6 heteroatoms. The molecule has 168 valence electrons. The van der Waals surface area contributed by atoms with Gasteiger partial charge in [-0.1, -0.05) is 72.3 Å². The van der Waals surface area contributed by atoms with Gasteiger partial charge in [-0.3, -0.25) is 9.69 Å². The minimum absolute atomic E-state index is 0.227. The third-order valence-electron chi connectivity index (χ3n) is 5.16. The van der Waals surface area contributed by atoms with Crippen molar-refractivity contribution in [2.24, 2.45) is 0 Å². The van der Waals surface area contributed by atoms with Gasteiger partial charge in [0.05, 0.1) is 0 Å². The van der Waals surface area contributed by atoms with Crippen LogP contribution in [-0.2, 0) is 4.79 Å². The number of hydrogen-bond acceptors (Lipinski definition) is 2. The molecule has 4 aromatic rings. The molecule has 1 N–H and O–H groups in total. The number of halogens is 2. The van der Waals surface area contributed by atoms with E-state index in [0.29, 0.717) is 27.4 Å². The lowest BCUT2D eigenvalue weighted by Gasteiger charge is -2.23. The second kappa shape index (κ2) is 10.1. The fourth-order valence-electron chi connectivity index (χ4n) is 3.55. The summed E-state index contributed by atoms with van der Waals surface area (Å²) in [6, 6.07) is 27.9. The van der Waals surface area contributed by atoms with Gasteiger partial charge in [0.25, 0.3) is 5.91 Å². The maximum atomic E-state index is 14.6. The highest BCUT2D eigenvalue weighted by Crippen LogP contribution is 2.31. The molecule has 0 fully saturated rings. The van der Waals surface area contributed by atoms with E-state index in [1.165, 1.54) is 24.3 Å². The molecule has 0 spiro atoms. The molecule has 0 saturated carbocycles. The summed E-state index contributed by atoms with van der Waals surface area (Å²) < 4.78 is 14.6. The van der Waals surface area contributed by atoms with Gasteiger partial charge in [0.1, 0.15) is 11.5 Å². The van der Waals surface area contributed by atoms with Gasteiger partial charge in [0.2, 0.25) is 0 Å². The smallest absolute Gasteiger partial charge is 0.353 e. The van der Waals surface area contributed by atoms with E-state index in [1.54, 1.807) is 84.9 Å². The summed E-state index contributed by atoms with van der Waals surface area (Å²) in [6.07, 6.45) is 1.34. The number of carbonyl (C=O) groups excluding carboxylic acids is 1. The van der Waals surface area contributed by atoms with Gasteiger partial charge in [-0.15, -0.1) is 0 Å². The predicted octanol–water partition coefficient (Wildman–Crippen LogP) is 6.92. The first kappa shape index (κ1) is 23.0. The number of carboxylic acid groups (broad SMARTS) is 1. The van der Waals surface area contributed by atoms with Crippen molar-refractivity contribution in [2.45, 2.75) is 0 Å². The van der Waals surface area contributed by atoms with E-state index >= 15 is 0 Å². The van der Waals surface area contributed by atoms with Crippen molar-refractivity contribution in [2.75, 3.05) is 4.90 Å². The number of aliphatic carboxylic acids is 1. The molecule has 4 rings (SSSR count). The van der Waals surface area contributed by atoms with Crippen LogP contribution < -0.4 is 4.90 Å². The minimum Gasteiger partial charge on any atom is -0.477 e. The fraction of sp³-hybridized carbons (Fsp3) is 0. The average molecular weight is 472 g/mol. The fourth-order valence-corrected chi connectivity index (χ4v) is 3.79. The first-order valence-corrected chi connectivity index (χ1v) is 10.8. The predicted molar refractivity (Wildman–Crippen MR) is 132 cm³/mol. The largest absolute Gasteiger partial charge is 0.477 e. The van der Waals surface area contributed by atoms with E-state index in [0.717, 1.165) is 4.90 Å². The Labute approximate surface area is 201 Å². The summed E-state index contributed by atoms with van der Waals surface area (Å²) in [6.45, 7) is 0. The topological polar surface area (TPSA) is 57.6 Å². The lowest BCUT2D eigenvalue weighted by Crippen LogP contribution is -2.33. The molecular weight excluding hydrogens is 453 g/mol. The summed E-state index contributed by atoms with van der Waals surface area (Å²) in [5, 5.41) is 10.5. The van der Waals surface area contributed by atoms with Crippen LogP contribution in [0.4, 0.5) is 10.1 Å². The van der Waals surface area contributed by atoms with Crippen molar-refractivity contribution in [3.8, 4) is 11.1 Å². The zero-order valence-electron chi connectivity index (χ0n) is 17.9. The van der Waals surface area contributed by atoms with Gasteiger partial charge in [-0.25, -0.2) is 9.18 Å². The van der Waals surface area contributed by atoms with Crippen molar-refractivity contribution in [3.05, 3.63) is 131 Å². The van der Waals surface area contributed by atoms with E-state index in [1.807, 2.05) is 0 Å². The molecule has 0 radical (unpaired) electrons. The minimum atomic E-state index is -1.31. The Balaban J connectivity index is 1.86. The van der Waals surface area contributed by atoms with Crippen molar-refractivity contribution in [1.82, 2.24) is 0 Å². The molecule has 0 unspecified atom stereocenters. The molecule has 0 aliphatic heterocycles. The second-order valence-corrected chi connectivity index (χ2v) is 7.80. The summed E-state index contributed by atoms with van der Waals surface area (Å²) in [7, 11) is 0. The van der Waals surface area contributed by atoms with Crippen LogP contribution in [0.2, 0.25) is 5.02 Å². The molecule has 0 saturated heterocycles. The zero-order chi connectivity index (χ0) is 24.1. The highest BCUT2D eigenvalue weighted by Gasteiger charge is 2.26. The number of carboxylic acids is 1. The summed E-state index contributed by atoms with van der Waals surface area (Å²) >= 11 is 6.25. The molecule has 1 amide bonds. The van der Waals surface area contributed by atoms with Gasteiger partial charge in [0.15, 0.2) is 0 Å². The average Bonchev–Trinajstić information content (AvgIpc) is 2.86. The molecule has 0 aromatic heterocycles. The van der Waals surface area contributed by atoms with Gasteiger partial charge in [0, 0.05) is 27.4 Å². The lowest BCUT2D eigenvalue weighted by molar-refractivity contribution is -0.132. The first-order chi connectivity index (χ1) is 16.5. The van der Waals surface area contributed by atoms with Crippen molar-refractivity contribution in [1.29, 1.82) is 0 Å². The van der Waals surface area contributed by atoms with E-state index in [4.69, 9.17) is 11.6 Å². The zero-order valence-corrected chi connectivity index (χ0v) is 18.6. The summed E-state index contributed by atoms with van der Waals surface area (Å²) in [4.78, 5) is 26.9. The number of anilines is 1. The number of carbonyl (C=O) groups is 2. The number of hydrogen-bond donors (Lipinski definition) is 1. The molecule has 0 heterocycles. The van der Waals surface area contributed by atoms with Gasteiger partial charge in [-0.05, 0) is 54.1 Å². The maximum Gasteiger partial charge on any atom is 0.353 e. The van der Waals surface area contributed by atoms with Crippen LogP contribution in [0, 0.1) is 5.82 Å². The Morgan fingerprint density at radius 2 is 1.41 bits per heavy atom. The third-order valence-corrected chi connectivity index (χ3v) is 5.49. The molecule has 0 aliphatic rings. The van der Waals surface area contributed by atoms with Crippen LogP contribution in [0.5, 0.6) is 0 Å². The Hall–Kier alpha value is -4.22. The van der Waals surface area contributed by atoms with Gasteiger partial charge in [-0.2, -0.15) is 0 Å². The van der Waals surface area contributed by atoms with E-state index in [2.05, 4.69) is 0 Å². The quantitative estimate of drug-likeness (QED) is 0.310. The molecule has 0 bridgehead atoms. The Kier molecular flexibility index (Phi) is 6.85. The normalized spacial score (nSPS) is 11.2. The number of para-hydroxylation sites is 1. The highest BCUT2D eigenvalue weighted by atomic mass is 35.5. The molecule has 4 aromatic carbocycles. The van der Waals surface area contributed by atoms with Gasteiger partial charge < -0.3 is 5.11 Å². The molecule has 34 heavy (non-hydrogen) atoms. The summed E-state index contributed by atoms with van der Waals surface area (Å²) in [5.41, 5.74) is 1.54. The maximum absolute atomic E-state index is 14.6. The number of nitrogens with zero attached hydrogens (tertiary/aromatic N) is 1. The van der Waals surface area contributed by atoms with Crippen LogP contribution in [0.15, 0.2) is 109 Å². The Morgan fingerprint density at radius 1 is 0.794 bits per heavy atom. The van der Waals surface area contributed by atoms with E-state index in [9.17, 15) is 19.1 Å². The molecule has 0 atom stereocenters. The van der Waals surface area contributed by atoms with Crippen LogP contribution in [0.25, 0.3) is 17.2 Å². The van der Waals surface area contributed by atoms with Crippen molar-refractivity contribution in [3.63, 3.8) is 0 Å². The van der Waals surface area contributed by atoms with Gasteiger partial charge >= 0.3 is 5.97 Å². The highest BCUT2D eigenvalue weighted by molar-refractivity contribution is 6.33. The monoisotopic (exact) mass is 471 g/mol.